The lowest BCUT2D eigenvalue weighted by Gasteiger charge is -2.31. The van der Waals surface area contributed by atoms with Crippen molar-refractivity contribution in [3.8, 4) is 11.5 Å². The number of carbonyl (C=O) groups is 1. The Kier molecular flexibility index (Phi) is 5.75. The number of halogens is 2. The maximum absolute atomic E-state index is 13.1. The highest BCUT2D eigenvalue weighted by Crippen LogP contribution is 2.42. The number of carbonyl (C=O) groups excluding carboxylic acids is 1. The van der Waals surface area contributed by atoms with E-state index in [0.29, 0.717) is 46.2 Å². The van der Waals surface area contributed by atoms with Crippen molar-refractivity contribution in [3.63, 3.8) is 0 Å². The monoisotopic (exact) mass is 440 g/mol. The summed E-state index contributed by atoms with van der Waals surface area (Å²) in [5.74, 6) is 1.13. The molecular formula is C23H18Cl2N2O3. The Bertz CT molecular complexity index is 1130. The quantitative estimate of drug-likeness (QED) is 0.424. The van der Waals surface area contributed by atoms with Gasteiger partial charge in [0.15, 0.2) is 0 Å². The average molecular weight is 441 g/mol. The zero-order chi connectivity index (χ0) is 21.3. The largest absolute Gasteiger partial charge is 0.457 e. The highest BCUT2D eigenvalue weighted by molar-refractivity contribution is 6.37. The molecule has 0 radical (unpaired) electrons. The highest BCUT2D eigenvalue weighted by atomic mass is 35.5. The first kappa shape index (κ1) is 20.4. The number of nitrogens with zero attached hydrogens (tertiary/aromatic N) is 2. The summed E-state index contributed by atoms with van der Waals surface area (Å²) in [6.07, 6.45) is 0.555. The number of benzene rings is 3. The molecule has 7 heteroatoms. The summed E-state index contributed by atoms with van der Waals surface area (Å²) in [7, 11) is 0. The molecule has 0 atom stereocenters. The Labute approximate surface area is 184 Å². The van der Waals surface area contributed by atoms with Gasteiger partial charge >= 0.3 is 0 Å². The van der Waals surface area contributed by atoms with E-state index in [1.165, 1.54) is 0 Å². The van der Waals surface area contributed by atoms with Gasteiger partial charge in [0.25, 0.3) is 5.91 Å². The number of ether oxygens (including phenoxy) is 1. The van der Waals surface area contributed by atoms with E-state index in [1.807, 2.05) is 30.3 Å². The van der Waals surface area contributed by atoms with Gasteiger partial charge in [-0.05, 0) is 65.5 Å². The first-order valence-corrected chi connectivity index (χ1v) is 10.2. The van der Waals surface area contributed by atoms with Crippen LogP contribution in [0.2, 0.25) is 10.0 Å². The minimum absolute atomic E-state index is 0.132. The van der Waals surface area contributed by atoms with Gasteiger partial charge in [-0.1, -0.05) is 47.5 Å². The number of rotatable bonds is 4. The minimum Gasteiger partial charge on any atom is -0.457 e. The van der Waals surface area contributed by atoms with Crippen LogP contribution in [0.15, 0.2) is 59.8 Å². The van der Waals surface area contributed by atoms with Crippen molar-refractivity contribution in [2.45, 2.75) is 19.9 Å². The lowest BCUT2D eigenvalue weighted by atomic mass is 9.95. The third kappa shape index (κ3) is 3.78. The summed E-state index contributed by atoms with van der Waals surface area (Å²) in [6.45, 7) is 2.49. The van der Waals surface area contributed by atoms with Crippen LogP contribution in [0.1, 0.15) is 27.0 Å². The Balaban J connectivity index is 1.60. The van der Waals surface area contributed by atoms with Crippen LogP contribution < -0.4 is 4.74 Å². The van der Waals surface area contributed by atoms with Crippen LogP contribution >= 0.6 is 23.2 Å². The summed E-state index contributed by atoms with van der Waals surface area (Å²) >= 11 is 12.9. The molecule has 0 N–H and O–H groups in total. The third-order valence-electron chi connectivity index (χ3n) is 5.21. The lowest BCUT2D eigenvalue weighted by molar-refractivity contribution is 0.0734. The molecule has 0 spiro atoms. The molecule has 0 saturated heterocycles. The first-order valence-electron chi connectivity index (χ1n) is 9.44. The van der Waals surface area contributed by atoms with Gasteiger partial charge < -0.3 is 9.64 Å². The maximum atomic E-state index is 13.1. The van der Waals surface area contributed by atoms with Gasteiger partial charge in [0.1, 0.15) is 17.2 Å². The molecule has 30 heavy (non-hydrogen) atoms. The lowest BCUT2D eigenvalue weighted by Crippen LogP contribution is -2.36. The summed E-state index contributed by atoms with van der Waals surface area (Å²) < 4.78 is 5.83. The summed E-state index contributed by atoms with van der Waals surface area (Å²) in [4.78, 5) is 26.1. The zero-order valence-corrected chi connectivity index (χ0v) is 17.7. The van der Waals surface area contributed by atoms with Crippen molar-refractivity contribution < 1.29 is 9.53 Å². The Morgan fingerprint density at radius 2 is 1.73 bits per heavy atom. The van der Waals surface area contributed by atoms with Gasteiger partial charge in [-0.3, -0.25) is 4.79 Å². The first-order chi connectivity index (χ1) is 14.5. The number of hydrogen-bond donors (Lipinski definition) is 0. The van der Waals surface area contributed by atoms with Crippen LogP contribution in [-0.2, 0) is 13.0 Å². The van der Waals surface area contributed by atoms with E-state index in [4.69, 9.17) is 27.9 Å². The third-order valence-corrected chi connectivity index (χ3v) is 6.12. The molecule has 1 aliphatic heterocycles. The van der Waals surface area contributed by atoms with Crippen molar-refractivity contribution >= 4 is 34.8 Å². The van der Waals surface area contributed by atoms with Crippen molar-refractivity contribution in [1.82, 2.24) is 4.90 Å². The van der Waals surface area contributed by atoms with Crippen molar-refractivity contribution in [3.05, 3.63) is 91.8 Å². The number of hydrogen-bond acceptors (Lipinski definition) is 4. The molecule has 4 rings (SSSR count). The Morgan fingerprint density at radius 1 is 1.00 bits per heavy atom. The molecule has 0 fully saturated rings. The topological polar surface area (TPSA) is 59.0 Å². The van der Waals surface area contributed by atoms with Crippen LogP contribution in [0.5, 0.6) is 11.5 Å². The molecule has 3 aromatic rings. The average Bonchev–Trinajstić information content (AvgIpc) is 2.78. The SMILES string of the molecule is Cc1c(Cl)c2c(c(Cl)c1N=O)CN(C(=O)c1cccc(Oc3ccccc3)c1)CC2. The minimum atomic E-state index is -0.146. The highest BCUT2D eigenvalue weighted by Gasteiger charge is 2.28. The molecule has 0 aliphatic carbocycles. The molecule has 3 aromatic carbocycles. The standard InChI is InChI=1S/C23H18Cl2N2O3/c1-14-20(24)18-10-11-27(13-19(18)21(25)22(14)26-29)23(28)15-6-5-9-17(12-15)30-16-7-3-2-4-8-16/h2-9,12H,10-11,13H2,1H3. The van der Waals surface area contributed by atoms with Gasteiger partial charge in [0, 0.05) is 23.7 Å². The van der Waals surface area contributed by atoms with E-state index in [-0.39, 0.29) is 23.2 Å². The van der Waals surface area contributed by atoms with Gasteiger partial charge in [-0.15, -0.1) is 4.91 Å². The van der Waals surface area contributed by atoms with Crippen LogP contribution in [0.4, 0.5) is 5.69 Å². The molecule has 5 nitrogen and oxygen atoms in total. The van der Waals surface area contributed by atoms with Gasteiger partial charge in [0.2, 0.25) is 0 Å². The number of nitroso groups, excluding NO2 is 1. The van der Waals surface area contributed by atoms with E-state index >= 15 is 0 Å². The van der Waals surface area contributed by atoms with Crippen LogP contribution in [0.3, 0.4) is 0 Å². The fourth-order valence-electron chi connectivity index (χ4n) is 3.63. The molecule has 0 saturated carbocycles. The molecular weight excluding hydrogens is 423 g/mol. The molecule has 0 unspecified atom stereocenters. The summed E-state index contributed by atoms with van der Waals surface area (Å²) in [5, 5.41) is 3.79. The second-order valence-electron chi connectivity index (χ2n) is 7.07. The molecule has 0 bridgehead atoms. The number of amides is 1. The van der Waals surface area contributed by atoms with E-state index < -0.39 is 0 Å². The second-order valence-corrected chi connectivity index (χ2v) is 7.83. The molecule has 152 valence electrons. The van der Waals surface area contributed by atoms with Crippen molar-refractivity contribution in [2.24, 2.45) is 5.18 Å². The van der Waals surface area contributed by atoms with Gasteiger partial charge in [0.05, 0.1) is 5.02 Å². The predicted molar refractivity (Wildman–Crippen MR) is 118 cm³/mol. The van der Waals surface area contributed by atoms with Crippen molar-refractivity contribution in [1.29, 1.82) is 0 Å². The molecule has 1 aliphatic rings. The fraction of sp³-hybridized carbons (Fsp3) is 0.174. The summed E-state index contributed by atoms with van der Waals surface area (Å²) in [5.41, 5.74) is 2.76. The van der Waals surface area contributed by atoms with E-state index in [2.05, 4.69) is 5.18 Å². The van der Waals surface area contributed by atoms with E-state index in [9.17, 15) is 9.70 Å². The molecule has 0 aromatic heterocycles. The Hall–Kier alpha value is -2.89. The van der Waals surface area contributed by atoms with Crippen molar-refractivity contribution in [2.75, 3.05) is 6.54 Å². The summed E-state index contributed by atoms with van der Waals surface area (Å²) in [6, 6.07) is 16.4. The second kappa shape index (κ2) is 8.46. The number of para-hydroxylation sites is 1. The zero-order valence-electron chi connectivity index (χ0n) is 16.2. The van der Waals surface area contributed by atoms with Crippen LogP contribution in [0.25, 0.3) is 0 Å². The number of fused-ring (bicyclic) bond motifs is 1. The molecule has 1 amide bonds. The van der Waals surface area contributed by atoms with Gasteiger partial charge in [-0.2, -0.15) is 0 Å². The van der Waals surface area contributed by atoms with Gasteiger partial charge in [-0.25, -0.2) is 0 Å². The Morgan fingerprint density at radius 3 is 2.47 bits per heavy atom. The molecule has 1 heterocycles. The van der Waals surface area contributed by atoms with Crippen LogP contribution in [0, 0.1) is 11.8 Å². The maximum Gasteiger partial charge on any atom is 0.254 e. The van der Waals surface area contributed by atoms with E-state index in [1.54, 1.807) is 36.1 Å². The predicted octanol–water partition coefficient (Wildman–Crippen LogP) is 6.69. The van der Waals surface area contributed by atoms with E-state index in [0.717, 1.165) is 5.56 Å². The smallest absolute Gasteiger partial charge is 0.254 e. The van der Waals surface area contributed by atoms with Crippen LogP contribution in [-0.4, -0.2) is 17.4 Å². The fourth-order valence-corrected chi connectivity index (χ4v) is 4.27. The normalized spacial score (nSPS) is 13.0.